The van der Waals surface area contributed by atoms with Crippen LogP contribution in [0.3, 0.4) is 0 Å². The molecule has 0 radical (unpaired) electrons. The third kappa shape index (κ3) is 3.27. The van der Waals surface area contributed by atoms with E-state index in [0.29, 0.717) is 6.04 Å². The molecule has 2 nitrogen and oxygen atoms in total. The number of hydrogen-bond donors (Lipinski definition) is 0. The SMILES string of the molecule is CCCN1CCCC[C@H]1c1cccnc1SCC. The number of thioether (sulfide) groups is 1. The summed E-state index contributed by atoms with van der Waals surface area (Å²) < 4.78 is 0. The van der Waals surface area contributed by atoms with Crippen molar-refractivity contribution in [3.8, 4) is 0 Å². The van der Waals surface area contributed by atoms with E-state index in [-0.39, 0.29) is 0 Å². The van der Waals surface area contributed by atoms with Crippen molar-refractivity contribution < 1.29 is 0 Å². The van der Waals surface area contributed by atoms with Crippen LogP contribution in [0.4, 0.5) is 0 Å². The summed E-state index contributed by atoms with van der Waals surface area (Å²) in [6.45, 7) is 6.95. The molecule has 0 unspecified atom stereocenters. The van der Waals surface area contributed by atoms with Gasteiger partial charge in [-0.1, -0.05) is 26.3 Å². The summed E-state index contributed by atoms with van der Waals surface area (Å²) in [4.78, 5) is 7.23. The van der Waals surface area contributed by atoms with Gasteiger partial charge >= 0.3 is 0 Å². The molecule has 0 amide bonds. The highest BCUT2D eigenvalue weighted by atomic mass is 32.2. The fraction of sp³-hybridized carbons (Fsp3) is 0.667. The third-order valence-corrected chi connectivity index (χ3v) is 4.47. The summed E-state index contributed by atoms with van der Waals surface area (Å²) >= 11 is 1.88. The Balaban J connectivity index is 2.21. The predicted octanol–water partition coefficient (Wildman–Crippen LogP) is 4.13. The van der Waals surface area contributed by atoms with Gasteiger partial charge in [-0.3, -0.25) is 4.90 Å². The largest absolute Gasteiger partial charge is 0.296 e. The number of likely N-dealkylation sites (tertiary alicyclic amines) is 1. The van der Waals surface area contributed by atoms with E-state index >= 15 is 0 Å². The molecule has 100 valence electrons. The van der Waals surface area contributed by atoms with Crippen molar-refractivity contribution >= 4 is 11.8 Å². The first-order valence-electron chi connectivity index (χ1n) is 7.18. The molecule has 1 aliphatic heterocycles. The van der Waals surface area contributed by atoms with Gasteiger partial charge in [0.05, 0.1) is 0 Å². The van der Waals surface area contributed by atoms with Crippen molar-refractivity contribution in [1.82, 2.24) is 9.88 Å². The van der Waals surface area contributed by atoms with Gasteiger partial charge in [-0.15, -0.1) is 11.8 Å². The molecule has 0 spiro atoms. The molecule has 1 atom stereocenters. The number of pyridine rings is 1. The second-order valence-electron chi connectivity index (χ2n) is 4.88. The van der Waals surface area contributed by atoms with Crippen LogP contribution in [0.15, 0.2) is 23.4 Å². The first kappa shape index (κ1) is 13.9. The van der Waals surface area contributed by atoms with Gasteiger partial charge < -0.3 is 0 Å². The fourth-order valence-electron chi connectivity index (χ4n) is 2.81. The summed E-state index contributed by atoms with van der Waals surface area (Å²) in [5.41, 5.74) is 1.46. The van der Waals surface area contributed by atoms with Crippen molar-refractivity contribution in [2.24, 2.45) is 0 Å². The van der Waals surface area contributed by atoms with Crippen molar-refractivity contribution in [2.45, 2.75) is 50.6 Å². The molecule has 0 aliphatic carbocycles. The average molecular weight is 264 g/mol. The lowest BCUT2D eigenvalue weighted by atomic mass is 9.96. The van der Waals surface area contributed by atoms with Gasteiger partial charge in [0, 0.05) is 17.8 Å². The molecule has 1 aromatic rings. The number of nitrogens with zero attached hydrogens (tertiary/aromatic N) is 2. The summed E-state index contributed by atoms with van der Waals surface area (Å²) in [6.07, 6.45) is 7.17. The van der Waals surface area contributed by atoms with Crippen LogP contribution >= 0.6 is 11.8 Å². The normalized spacial score (nSPS) is 21.1. The molecule has 0 bridgehead atoms. The molecular weight excluding hydrogens is 240 g/mol. The van der Waals surface area contributed by atoms with Gasteiger partial charge in [-0.2, -0.15) is 0 Å². The molecular formula is C15H24N2S. The Kier molecular flexibility index (Phi) is 5.51. The summed E-state index contributed by atoms with van der Waals surface area (Å²) in [5, 5.41) is 1.24. The molecule has 3 heteroatoms. The van der Waals surface area contributed by atoms with E-state index in [1.807, 2.05) is 18.0 Å². The molecule has 1 saturated heterocycles. The van der Waals surface area contributed by atoms with Gasteiger partial charge in [0.1, 0.15) is 5.03 Å². The summed E-state index contributed by atoms with van der Waals surface area (Å²) in [6, 6.07) is 4.97. The number of piperidine rings is 1. The zero-order chi connectivity index (χ0) is 12.8. The zero-order valence-corrected chi connectivity index (χ0v) is 12.4. The maximum Gasteiger partial charge on any atom is 0.101 e. The van der Waals surface area contributed by atoms with Crippen LogP contribution in [0, 0.1) is 0 Å². The van der Waals surface area contributed by atoms with Crippen LogP contribution in [-0.2, 0) is 0 Å². The number of hydrogen-bond acceptors (Lipinski definition) is 3. The van der Waals surface area contributed by atoms with Crippen molar-refractivity contribution in [3.63, 3.8) is 0 Å². The maximum atomic E-state index is 4.57. The molecule has 2 heterocycles. The van der Waals surface area contributed by atoms with E-state index in [9.17, 15) is 0 Å². The molecule has 1 fully saturated rings. The van der Waals surface area contributed by atoms with Gasteiger partial charge in [0.25, 0.3) is 0 Å². The molecule has 0 aromatic carbocycles. The Morgan fingerprint density at radius 1 is 1.39 bits per heavy atom. The van der Waals surface area contributed by atoms with E-state index in [0.717, 1.165) is 5.75 Å². The Hall–Kier alpha value is -0.540. The van der Waals surface area contributed by atoms with Gasteiger partial charge in [-0.05, 0) is 44.2 Å². The van der Waals surface area contributed by atoms with Crippen LogP contribution in [0.5, 0.6) is 0 Å². The van der Waals surface area contributed by atoms with Gasteiger partial charge in [0.15, 0.2) is 0 Å². The smallest absolute Gasteiger partial charge is 0.101 e. The second-order valence-corrected chi connectivity index (χ2v) is 6.13. The lowest BCUT2D eigenvalue weighted by molar-refractivity contribution is 0.146. The Labute approximate surface area is 115 Å². The maximum absolute atomic E-state index is 4.57. The zero-order valence-electron chi connectivity index (χ0n) is 11.6. The summed E-state index contributed by atoms with van der Waals surface area (Å²) in [5.74, 6) is 1.10. The molecule has 0 saturated carbocycles. The van der Waals surface area contributed by atoms with Crippen LogP contribution in [0.2, 0.25) is 0 Å². The molecule has 2 rings (SSSR count). The van der Waals surface area contributed by atoms with E-state index in [1.54, 1.807) is 0 Å². The molecule has 0 N–H and O–H groups in total. The topological polar surface area (TPSA) is 16.1 Å². The minimum atomic E-state index is 0.599. The van der Waals surface area contributed by atoms with Gasteiger partial charge in [-0.25, -0.2) is 4.98 Å². The van der Waals surface area contributed by atoms with Gasteiger partial charge in [0.2, 0.25) is 0 Å². The lowest BCUT2D eigenvalue weighted by Crippen LogP contribution is -2.34. The van der Waals surface area contributed by atoms with E-state index < -0.39 is 0 Å². The molecule has 1 aromatic heterocycles. The van der Waals surface area contributed by atoms with Crippen molar-refractivity contribution in [2.75, 3.05) is 18.8 Å². The second kappa shape index (κ2) is 7.15. The van der Waals surface area contributed by atoms with Crippen LogP contribution in [-0.4, -0.2) is 28.7 Å². The first-order chi connectivity index (χ1) is 8.86. The highest BCUT2D eigenvalue weighted by molar-refractivity contribution is 7.99. The Morgan fingerprint density at radius 3 is 3.06 bits per heavy atom. The van der Waals surface area contributed by atoms with Crippen LogP contribution in [0.25, 0.3) is 0 Å². The number of aromatic nitrogens is 1. The van der Waals surface area contributed by atoms with Crippen molar-refractivity contribution in [3.05, 3.63) is 23.9 Å². The van der Waals surface area contributed by atoms with E-state index in [4.69, 9.17) is 0 Å². The third-order valence-electron chi connectivity index (χ3n) is 3.57. The highest BCUT2D eigenvalue weighted by Crippen LogP contribution is 2.35. The predicted molar refractivity (Wildman–Crippen MR) is 79.1 cm³/mol. The number of rotatable bonds is 5. The standard InChI is InChI=1S/C15H24N2S/c1-3-11-17-12-6-5-9-14(17)13-8-7-10-16-15(13)18-4-2/h7-8,10,14H,3-6,9,11-12H2,1-2H3/t14-/m0/s1. The average Bonchev–Trinajstić information content (AvgIpc) is 2.41. The fourth-order valence-corrected chi connectivity index (χ4v) is 3.59. The lowest BCUT2D eigenvalue weighted by Gasteiger charge is -2.36. The van der Waals surface area contributed by atoms with Crippen molar-refractivity contribution in [1.29, 1.82) is 0 Å². The quantitative estimate of drug-likeness (QED) is 0.744. The van der Waals surface area contributed by atoms with E-state index in [2.05, 4.69) is 35.9 Å². The summed E-state index contributed by atoms with van der Waals surface area (Å²) in [7, 11) is 0. The monoisotopic (exact) mass is 264 g/mol. The molecule has 18 heavy (non-hydrogen) atoms. The Bertz CT molecular complexity index is 365. The minimum absolute atomic E-state index is 0.599. The molecule has 1 aliphatic rings. The first-order valence-corrected chi connectivity index (χ1v) is 8.17. The van der Waals surface area contributed by atoms with E-state index in [1.165, 1.54) is 49.4 Å². The highest BCUT2D eigenvalue weighted by Gasteiger charge is 2.25. The van der Waals surface area contributed by atoms with Crippen LogP contribution < -0.4 is 0 Å². The minimum Gasteiger partial charge on any atom is -0.296 e. The Morgan fingerprint density at radius 2 is 2.28 bits per heavy atom. The van der Waals surface area contributed by atoms with Crippen LogP contribution in [0.1, 0.15) is 51.1 Å².